The van der Waals surface area contributed by atoms with Crippen LogP contribution in [-0.2, 0) is 9.59 Å². The van der Waals surface area contributed by atoms with Crippen molar-refractivity contribution in [2.24, 2.45) is 0 Å². The van der Waals surface area contributed by atoms with Crippen molar-refractivity contribution in [3.05, 3.63) is 28.2 Å². The molecule has 0 atom stereocenters. The van der Waals surface area contributed by atoms with Gasteiger partial charge in [-0.1, -0.05) is 23.2 Å². The third kappa shape index (κ3) is 4.08. The third-order valence-electron chi connectivity index (χ3n) is 1.63. The van der Waals surface area contributed by atoms with E-state index in [4.69, 9.17) is 33.0 Å². The highest BCUT2D eigenvalue weighted by atomic mass is 35.5. The smallest absolute Gasteiger partial charge is 0.311 e. The van der Waals surface area contributed by atoms with Crippen LogP contribution in [0.1, 0.15) is 6.42 Å². The van der Waals surface area contributed by atoms with Crippen LogP contribution in [0.25, 0.3) is 0 Å². The van der Waals surface area contributed by atoms with Gasteiger partial charge < -0.3 is 9.84 Å². The molecule has 0 unspecified atom stereocenters. The van der Waals surface area contributed by atoms with Gasteiger partial charge in [0.1, 0.15) is 18.8 Å². The summed E-state index contributed by atoms with van der Waals surface area (Å²) in [6, 6.07) is 4.54. The number of carbonyl (C=O) groups is 2. The zero-order valence-corrected chi connectivity index (χ0v) is 9.59. The Hall–Kier alpha value is -1.26. The highest BCUT2D eigenvalue weighted by Crippen LogP contribution is 2.27. The summed E-state index contributed by atoms with van der Waals surface area (Å²) in [5.74, 6) is -1.42. The fourth-order valence-electron chi connectivity index (χ4n) is 0.970. The van der Waals surface area contributed by atoms with Gasteiger partial charge in [0.15, 0.2) is 5.78 Å². The van der Waals surface area contributed by atoms with Gasteiger partial charge in [-0.05, 0) is 18.2 Å². The van der Waals surface area contributed by atoms with Crippen molar-refractivity contribution in [2.75, 3.05) is 6.61 Å². The molecule has 0 fully saturated rings. The van der Waals surface area contributed by atoms with Gasteiger partial charge in [0, 0.05) is 5.02 Å². The maximum atomic E-state index is 11.0. The lowest BCUT2D eigenvalue weighted by Crippen LogP contribution is -2.15. The van der Waals surface area contributed by atoms with Crippen LogP contribution >= 0.6 is 23.2 Å². The Bertz CT molecular complexity index is 417. The van der Waals surface area contributed by atoms with E-state index in [0.717, 1.165) is 0 Å². The van der Waals surface area contributed by atoms with Crippen LogP contribution < -0.4 is 4.74 Å². The summed E-state index contributed by atoms with van der Waals surface area (Å²) in [7, 11) is 0. The molecule has 1 aromatic rings. The normalized spacial score (nSPS) is 9.88. The number of Topliss-reactive ketones (excluding diaryl/α,β-unsaturated/α-hetero) is 1. The number of rotatable bonds is 5. The number of hydrogen-bond acceptors (Lipinski definition) is 3. The molecule has 16 heavy (non-hydrogen) atoms. The van der Waals surface area contributed by atoms with Crippen molar-refractivity contribution in [1.29, 1.82) is 0 Å². The van der Waals surface area contributed by atoms with E-state index in [1.54, 1.807) is 6.07 Å². The number of ketones is 1. The number of ether oxygens (including phenoxy) is 1. The van der Waals surface area contributed by atoms with E-state index >= 15 is 0 Å². The number of benzene rings is 1. The van der Waals surface area contributed by atoms with Crippen molar-refractivity contribution >= 4 is 35.0 Å². The first-order chi connectivity index (χ1) is 7.49. The molecule has 86 valence electrons. The highest BCUT2D eigenvalue weighted by molar-refractivity contribution is 6.35. The van der Waals surface area contributed by atoms with Gasteiger partial charge in [-0.15, -0.1) is 0 Å². The molecular formula is C10H8Cl2O4. The molecule has 1 rings (SSSR count). The Kier molecular flexibility index (Phi) is 4.58. The van der Waals surface area contributed by atoms with Crippen LogP contribution in [0, 0.1) is 0 Å². The molecule has 0 saturated carbocycles. The molecule has 0 aromatic heterocycles. The first-order valence-corrected chi connectivity index (χ1v) is 5.06. The predicted molar refractivity (Wildman–Crippen MR) is 59.2 cm³/mol. The lowest BCUT2D eigenvalue weighted by atomic mass is 10.3. The summed E-state index contributed by atoms with van der Waals surface area (Å²) in [4.78, 5) is 21.2. The molecule has 1 N–H and O–H groups in total. The molecule has 0 saturated heterocycles. The maximum absolute atomic E-state index is 11.0. The largest absolute Gasteiger partial charge is 0.484 e. The summed E-state index contributed by atoms with van der Waals surface area (Å²) in [5, 5.41) is 9.08. The molecule has 0 aliphatic rings. The van der Waals surface area contributed by atoms with Crippen LogP contribution in [0.2, 0.25) is 10.0 Å². The molecule has 0 aliphatic heterocycles. The van der Waals surface area contributed by atoms with Crippen molar-refractivity contribution in [1.82, 2.24) is 0 Å². The summed E-state index contributed by atoms with van der Waals surface area (Å²) in [5.41, 5.74) is 0. The quantitative estimate of drug-likeness (QED) is 0.828. The fraction of sp³-hybridized carbons (Fsp3) is 0.200. The molecule has 0 aliphatic carbocycles. The second-order valence-corrected chi connectivity index (χ2v) is 3.82. The van der Waals surface area contributed by atoms with Crippen molar-refractivity contribution in [3.63, 3.8) is 0 Å². The fourth-order valence-corrected chi connectivity index (χ4v) is 1.43. The minimum atomic E-state index is -1.18. The first-order valence-electron chi connectivity index (χ1n) is 4.30. The van der Waals surface area contributed by atoms with Crippen LogP contribution in [-0.4, -0.2) is 23.5 Å². The topological polar surface area (TPSA) is 63.6 Å². The van der Waals surface area contributed by atoms with E-state index in [-0.39, 0.29) is 11.6 Å². The van der Waals surface area contributed by atoms with Gasteiger partial charge in [-0.25, -0.2) is 0 Å². The van der Waals surface area contributed by atoms with Crippen molar-refractivity contribution in [3.8, 4) is 5.75 Å². The van der Waals surface area contributed by atoms with Gasteiger partial charge in [-0.3, -0.25) is 9.59 Å². The SMILES string of the molecule is O=C(O)CC(=O)COc1ccc(Cl)cc1Cl. The molecule has 4 nitrogen and oxygen atoms in total. The standard InChI is InChI=1S/C10H8Cl2O4/c11-6-1-2-9(8(12)3-6)16-5-7(13)4-10(14)15/h1-3H,4-5H2,(H,14,15). The molecular weight excluding hydrogens is 255 g/mol. The maximum Gasteiger partial charge on any atom is 0.311 e. The van der Waals surface area contributed by atoms with E-state index in [0.29, 0.717) is 10.8 Å². The average Bonchev–Trinajstić information content (AvgIpc) is 2.15. The molecule has 0 amide bonds. The second-order valence-electron chi connectivity index (χ2n) is 2.97. The summed E-state index contributed by atoms with van der Waals surface area (Å²) < 4.78 is 5.05. The monoisotopic (exact) mass is 262 g/mol. The summed E-state index contributed by atoms with van der Waals surface area (Å²) in [6.45, 7) is -0.326. The third-order valence-corrected chi connectivity index (χ3v) is 2.16. The lowest BCUT2D eigenvalue weighted by Gasteiger charge is -2.06. The van der Waals surface area contributed by atoms with Crippen LogP contribution in [0.5, 0.6) is 5.75 Å². The second kappa shape index (κ2) is 5.72. The Morgan fingerprint density at radius 3 is 2.56 bits per heavy atom. The zero-order chi connectivity index (χ0) is 12.1. The Morgan fingerprint density at radius 1 is 1.31 bits per heavy atom. The number of carboxylic acids is 1. The minimum Gasteiger partial charge on any atom is -0.484 e. The van der Waals surface area contributed by atoms with Gasteiger partial charge in [0.2, 0.25) is 0 Å². The molecule has 1 aromatic carbocycles. The molecule has 0 heterocycles. The summed E-state index contributed by atoms with van der Waals surface area (Å²) >= 11 is 11.4. The summed E-state index contributed by atoms with van der Waals surface area (Å²) in [6.07, 6.45) is -0.564. The lowest BCUT2D eigenvalue weighted by molar-refractivity contribution is -0.140. The van der Waals surface area contributed by atoms with Crippen LogP contribution in [0.4, 0.5) is 0 Å². The zero-order valence-electron chi connectivity index (χ0n) is 8.07. The van der Waals surface area contributed by atoms with Gasteiger partial charge in [-0.2, -0.15) is 0 Å². The minimum absolute atomic E-state index is 0.274. The molecule has 6 heteroatoms. The van der Waals surface area contributed by atoms with E-state index in [1.807, 2.05) is 0 Å². The Labute approximate surface area is 102 Å². The first kappa shape index (κ1) is 12.8. The molecule has 0 radical (unpaired) electrons. The van der Waals surface area contributed by atoms with Crippen molar-refractivity contribution in [2.45, 2.75) is 6.42 Å². The number of halogens is 2. The molecule has 0 spiro atoms. The van der Waals surface area contributed by atoms with E-state index in [2.05, 4.69) is 0 Å². The Morgan fingerprint density at radius 2 is 2.00 bits per heavy atom. The average molecular weight is 263 g/mol. The highest BCUT2D eigenvalue weighted by Gasteiger charge is 2.10. The van der Waals surface area contributed by atoms with Gasteiger partial charge >= 0.3 is 5.97 Å². The number of carbonyl (C=O) groups excluding carboxylic acids is 1. The van der Waals surface area contributed by atoms with E-state index in [9.17, 15) is 9.59 Å². The van der Waals surface area contributed by atoms with Gasteiger partial charge in [0.25, 0.3) is 0 Å². The van der Waals surface area contributed by atoms with E-state index in [1.165, 1.54) is 12.1 Å². The van der Waals surface area contributed by atoms with Crippen molar-refractivity contribution < 1.29 is 19.4 Å². The number of aliphatic carboxylic acids is 1. The molecule has 0 bridgehead atoms. The Balaban J connectivity index is 2.54. The number of carboxylic acid groups (broad SMARTS) is 1. The van der Waals surface area contributed by atoms with Gasteiger partial charge in [0.05, 0.1) is 5.02 Å². The predicted octanol–water partition coefficient (Wildman–Crippen LogP) is 2.42. The number of hydrogen-bond donors (Lipinski definition) is 1. The van der Waals surface area contributed by atoms with Crippen LogP contribution in [0.3, 0.4) is 0 Å². The van der Waals surface area contributed by atoms with Crippen LogP contribution in [0.15, 0.2) is 18.2 Å². The van der Waals surface area contributed by atoms with E-state index < -0.39 is 18.2 Å².